The van der Waals surface area contributed by atoms with E-state index in [0.29, 0.717) is 17.9 Å². The molecule has 0 aliphatic carbocycles. The van der Waals surface area contributed by atoms with Gasteiger partial charge in [-0.1, -0.05) is 0 Å². The molecule has 2 atom stereocenters. The van der Waals surface area contributed by atoms with Gasteiger partial charge in [-0.15, -0.1) is 11.3 Å². The van der Waals surface area contributed by atoms with E-state index in [4.69, 9.17) is 14.6 Å². The number of nitrogens with one attached hydrogen (secondary N) is 1. The third-order valence-corrected chi connectivity index (χ3v) is 6.02. The number of sulfonamides is 1. The smallest absolute Gasteiger partial charge is 0.329 e. The number of ether oxygens (including phenoxy) is 2. The average Bonchev–Trinajstić information content (AvgIpc) is 2.77. The number of rotatable bonds is 6. The summed E-state index contributed by atoms with van der Waals surface area (Å²) in [5.74, 6) is -1.09. The van der Waals surface area contributed by atoms with Crippen molar-refractivity contribution in [3.05, 3.63) is 15.8 Å². The molecule has 1 saturated heterocycles. The molecule has 0 saturated carbocycles. The number of carboxylic acid groups (broad SMARTS) is 1. The molecular formula is C13H19NO6S2. The first-order valence-electron chi connectivity index (χ1n) is 6.80. The van der Waals surface area contributed by atoms with E-state index in [2.05, 4.69) is 4.72 Å². The van der Waals surface area contributed by atoms with Crippen LogP contribution in [0.25, 0.3) is 0 Å². The first-order chi connectivity index (χ1) is 10.3. The third kappa shape index (κ3) is 4.26. The fourth-order valence-corrected chi connectivity index (χ4v) is 5.15. The van der Waals surface area contributed by atoms with Crippen LogP contribution in [-0.4, -0.2) is 51.5 Å². The molecular weight excluding hydrogens is 330 g/mol. The van der Waals surface area contributed by atoms with Crippen molar-refractivity contribution in [2.75, 3.05) is 19.8 Å². The molecule has 0 aromatic carbocycles. The molecule has 22 heavy (non-hydrogen) atoms. The first kappa shape index (κ1) is 17.4. The highest BCUT2D eigenvalue weighted by Crippen LogP contribution is 2.25. The van der Waals surface area contributed by atoms with Gasteiger partial charge in [0.25, 0.3) is 0 Å². The van der Waals surface area contributed by atoms with Gasteiger partial charge in [-0.05, 0) is 26.3 Å². The van der Waals surface area contributed by atoms with E-state index < -0.39 is 34.7 Å². The predicted molar refractivity (Wildman–Crippen MR) is 80.7 cm³/mol. The van der Waals surface area contributed by atoms with E-state index in [0.717, 1.165) is 4.88 Å². The van der Waals surface area contributed by atoms with Crippen molar-refractivity contribution in [1.29, 1.82) is 0 Å². The highest BCUT2D eigenvalue weighted by Gasteiger charge is 2.32. The van der Waals surface area contributed by atoms with E-state index in [1.165, 1.54) is 11.3 Å². The zero-order valence-electron chi connectivity index (χ0n) is 12.4. The summed E-state index contributed by atoms with van der Waals surface area (Å²) in [6.45, 7) is 3.71. The summed E-state index contributed by atoms with van der Waals surface area (Å²) in [6.07, 6.45) is -0.0677. The molecule has 2 N–H and O–H groups in total. The topological polar surface area (TPSA) is 102 Å². The summed E-state index contributed by atoms with van der Waals surface area (Å²) in [5.41, 5.74) is 0. The van der Waals surface area contributed by atoms with Gasteiger partial charge in [0.2, 0.25) is 10.0 Å². The van der Waals surface area contributed by atoms with Crippen molar-refractivity contribution >= 4 is 27.3 Å². The zero-order valence-corrected chi connectivity index (χ0v) is 14.0. The van der Waals surface area contributed by atoms with Crippen LogP contribution in [0, 0.1) is 13.8 Å². The molecule has 1 aliphatic rings. The lowest BCUT2D eigenvalue weighted by Crippen LogP contribution is -2.50. The van der Waals surface area contributed by atoms with Crippen LogP contribution in [0.2, 0.25) is 0 Å². The lowest BCUT2D eigenvalue weighted by atomic mass is 10.1. The molecule has 1 aliphatic heterocycles. The van der Waals surface area contributed by atoms with Gasteiger partial charge in [-0.3, -0.25) is 0 Å². The molecule has 0 unspecified atom stereocenters. The Balaban J connectivity index is 2.12. The quantitative estimate of drug-likeness (QED) is 0.791. The van der Waals surface area contributed by atoms with Crippen LogP contribution < -0.4 is 4.72 Å². The first-order valence-corrected chi connectivity index (χ1v) is 9.10. The zero-order chi connectivity index (χ0) is 16.3. The summed E-state index contributed by atoms with van der Waals surface area (Å²) in [7, 11) is -3.69. The molecule has 7 nitrogen and oxygen atoms in total. The van der Waals surface area contributed by atoms with E-state index in [1.54, 1.807) is 13.0 Å². The van der Waals surface area contributed by atoms with Crippen molar-refractivity contribution < 1.29 is 27.8 Å². The van der Waals surface area contributed by atoms with Gasteiger partial charge in [-0.25, -0.2) is 17.9 Å². The summed E-state index contributed by atoms with van der Waals surface area (Å²) < 4.78 is 38.1. The number of carbonyl (C=O) groups is 1. The fourth-order valence-electron chi connectivity index (χ4n) is 2.34. The number of aliphatic carboxylic acids is 1. The average molecular weight is 349 g/mol. The number of aryl methyl sites for hydroxylation is 2. The van der Waals surface area contributed by atoms with Crippen LogP contribution in [0.1, 0.15) is 16.2 Å². The lowest BCUT2D eigenvalue weighted by Gasteiger charge is -2.31. The van der Waals surface area contributed by atoms with Crippen molar-refractivity contribution in [3.63, 3.8) is 0 Å². The Morgan fingerprint density at radius 2 is 2.27 bits per heavy atom. The van der Waals surface area contributed by atoms with Gasteiger partial charge in [0, 0.05) is 16.4 Å². The third-order valence-electron chi connectivity index (χ3n) is 3.31. The van der Waals surface area contributed by atoms with Crippen LogP contribution >= 0.6 is 11.3 Å². The second-order valence-electron chi connectivity index (χ2n) is 5.11. The molecule has 2 rings (SSSR count). The van der Waals surface area contributed by atoms with Gasteiger partial charge in [-0.2, -0.15) is 0 Å². The standard InChI is InChI=1S/C13H19NO6S2/c1-8-5-12(9(2)21-8)22(17,18)14-10-6-19-4-3-11(10)20-7-13(15)16/h5,10-11,14H,3-4,6-7H2,1-2H3,(H,15,16)/t10-,11+/m1/s1. The maximum Gasteiger partial charge on any atom is 0.329 e. The Labute approximate surface area is 133 Å². The van der Waals surface area contributed by atoms with Crippen LogP contribution in [0.5, 0.6) is 0 Å². The Bertz CT molecular complexity index is 639. The largest absolute Gasteiger partial charge is 0.480 e. The van der Waals surface area contributed by atoms with Gasteiger partial charge >= 0.3 is 5.97 Å². The van der Waals surface area contributed by atoms with Gasteiger partial charge in [0.05, 0.1) is 23.6 Å². The number of carboxylic acids is 1. The number of hydrogen-bond acceptors (Lipinski definition) is 6. The molecule has 1 aromatic rings. The molecule has 1 aromatic heterocycles. The van der Waals surface area contributed by atoms with Gasteiger partial charge in [0.1, 0.15) is 6.61 Å². The predicted octanol–water partition coefficient (Wildman–Crippen LogP) is 0.902. The van der Waals surface area contributed by atoms with Gasteiger partial charge in [0.15, 0.2) is 0 Å². The maximum atomic E-state index is 12.5. The summed E-state index contributed by atoms with van der Waals surface area (Å²) in [4.78, 5) is 12.5. The molecule has 1 fully saturated rings. The van der Waals surface area contributed by atoms with E-state index in [1.807, 2.05) is 6.92 Å². The minimum atomic E-state index is -3.69. The lowest BCUT2D eigenvalue weighted by molar-refractivity contribution is -0.147. The minimum absolute atomic E-state index is 0.158. The monoisotopic (exact) mass is 349 g/mol. The molecule has 0 amide bonds. The second kappa shape index (κ2) is 7.05. The van der Waals surface area contributed by atoms with E-state index >= 15 is 0 Å². The van der Waals surface area contributed by atoms with Gasteiger partial charge < -0.3 is 14.6 Å². The minimum Gasteiger partial charge on any atom is -0.480 e. The normalized spacial score (nSPS) is 22.6. The highest BCUT2D eigenvalue weighted by atomic mass is 32.2. The van der Waals surface area contributed by atoms with E-state index in [-0.39, 0.29) is 11.5 Å². The Kier molecular flexibility index (Phi) is 5.56. The van der Waals surface area contributed by atoms with Crippen LogP contribution in [-0.2, 0) is 24.3 Å². The Morgan fingerprint density at radius 3 is 2.86 bits per heavy atom. The summed E-state index contributed by atoms with van der Waals surface area (Å²) in [6, 6.07) is 1.02. The van der Waals surface area contributed by atoms with Crippen LogP contribution in [0.4, 0.5) is 0 Å². The Hall–Kier alpha value is -1.00. The van der Waals surface area contributed by atoms with E-state index in [9.17, 15) is 13.2 Å². The van der Waals surface area contributed by atoms with Crippen LogP contribution in [0.3, 0.4) is 0 Å². The fraction of sp³-hybridized carbons (Fsp3) is 0.615. The van der Waals surface area contributed by atoms with Crippen molar-refractivity contribution in [2.45, 2.75) is 37.3 Å². The van der Waals surface area contributed by atoms with Crippen molar-refractivity contribution in [1.82, 2.24) is 4.72 Å². The highest BCUT2D eigenvalue weighted by molar-refractivity contribution is 7.89. The number of thiophene rings is 1. The molecule has 9 heteroatoms. The van der Waals surface area contributed by atoms with Crippen LogP contribution in [0.15, 0.2) is 11.0 Å². The molecule has 0 radical (unpaired) electrons. The maximum absolute atomic E-state index is 12.5. The summed E-state index contributed by atoms with van der Waals surface area (Å²) in [5, 5.41) is 8.69. The second-order valence-corrected chi connectivity index (χ2v) is 8.25. The molecule has 0 bridgehead atoms. The molecule has 124 valence electrons. The molecule has 0 spiro atoms. The molecule has 2 heterocycles. The van der Waals surface area contributed by atoms with Crippen molar-refractivity contribution in [2.24, 2.45) is 0 Å². The summed E-state index contributed by atoms with van der Waals surface area (Å²) >= 11 is 1.41. The Morgan fingerprint density at radius 1 is 1.55 bits per heavy atom. The van der Waals surface area contributed by atoms with Crippen molar-refractivity contribution in [3.8, 4) is 0 Å². The SMILES string of the molecule is Cc1cc(S(=O)(=O)N[C@@H]2COCC[C@@H]2OCC(=O)O)c(C)s1. The number of hydrogen-bond donors (Lipinski definition) is 2.